The second-order valence-electron chi connectivity index (χ2n) is 10.8. The van der Waals surface area contributed by atoms with Gasteiger partial charge in [-0.25, -0.2) is 16.8 Å². The molecule has 280 valence electrons. The van der Waals surface area contributed by atoms with Gasteiger partial charge in [-0.3, -0.25) is 18.6 Å². The number of rotatable bonds is 12. The van der Waals surface area contributed by atoms with Gasteiger partial charge in [-0.05, 0) is 48.5 Å². The fraction of sp³-hybridized carbons (Fsp3) is 0.188. The molecule has 14 nitrogen and oxygen atoms in total. The fourth-order valence-corrected chi connectivity index (χ4v) is 6.19. The highest BCUT2D eigenvalue weighted by Crippen LogP contribution is 2.26. The Morgan fingerprint density at radius 1 is 0.566 bits per heavy atom. The van der Waals surface area contributed by atoms with Crippen molar-refractivity contribution in [3.8, 4) is 22.9 Å². The minimum absolute atomic E-state index is 0. The van der Waals surface area contributed by atoms with Crippen molar-refractivity contribution in [3.63, 3.8) is 0 Å². The molecule has 0 aliphatic heterocycles. The minimum Gasteiger partial charge on any atom is -0.415 e. The van der Waals surface area contributed by atoms with Gasteiger partial charge in [0.15, 0.2) is 0 Å². The van der Waals surface area contributed by atoms with Crippen LogP contribution < -0.4 is 8.61 Å². The molecule has 0 unspecified atom stereocenters. The van der Waals surface area contributed by atoms with Crippen molar-refractivity contribution in [2.45, 2.75) is 25.9 Å². The number of halogens is 5. The van der Waals surface area contributed by atoms with Gasteiger partial charge in [-0.1, -0.05) is 36.4 Å². The van der Waals surface area contributed by atoms with Gasteiger partial charge in [-0.15, -0.1) is 32.8 Å². The van der Waals surface area contributed by atoms with E-state index >= 15 is 0 Å². The van der Waals surface area contributed by atoms with Crippen LogP contribution in [0.4, 0.5) is 28.9 Å². The van der Waals surface area contributed by atoms with E-state index in [1.807, 2.05) is 0 Å². The number of hydrogen-bond donors (Lipinski definition) is 0. The van der Waals surface area contributed by atoms with Gasteiger partial charge in [0.05, 0.1) is 59.5 Å². The van der Waals surface area contributed by atoms with Gasteiger partial charge in [0.2, 0.25) is 31.8 Å². The van der Waals surface area contributed by atoms with Gasteiger partial charge in [0.25, 0.3) is 11.8 Å². The maximum atomic E-state index is 12.5. The number of benzene rings is 2. The predicted molar refractivity (Wildman–Crippen MR) is 187 cm³/mol. The van der Waals surface area contributed by atoms with E-state index in [2.05, 4.69) is 30.4 Å². The molecule has 0 aliphatic carbocycles. The lowest BCUT2D eigenvalue weighted by Gasteiger charge is -2.22. The lowest BCUT2D eigenvalue weighted by molar-refractivity contribution is 0.115. The average Bonchev–Trinajstić information content (AvgIpc) is 3.82. The second-order valence-corrected chi connectivity index (χ2v) is 14.6. The van der Waals surface area contributed by atoms with E-state index in [1.165, 1.54) is 21.0 Å². The Kier molecular flexibility index (Phi) is 13.2. The van der Waals surface area contributed by atoms with Gasteiger partial charge in [-0.2, -0.15) is 17.6 Å². The lowest BCUT2D eigenvalue weighted by Crippen LogP contribution is -2.29. The molecule has 4 aromatic heterocycles. The Balaban J connectivity index is 0.000000232. The molecule has 0 fully saturated rings. The summed E-state index contributed by atoms with van der Waals surface area (Å²) in [6, 6.07) is 23.5. The molecule has 0 saturated heterocycles. The van der Waals surface area contributed by atoms with E-state index in [0.717, 1.165) is 12.5 Å². The maximum absolute atomic E-state index is 12.5. The second kappa shape index (κ2) is 17.4. The van der Waals surface area contributed by atoms with Crippen molar-refractivity contribution in [2.24, 2.45) is 0 Å². The van der Waals surface area contributed by atoms with Crippen LogP contribution in [-0.2, 0) is 33.1 Å². The van der Waals surface area contributed by atoms with E-state index in [0.29, 0.717) is 33.9 Å². The first kappa shape index (κ1) is 40.3. The standard InChI is InChI=1S/2C16H14F2N4O3S.ClH/c2*1-26(23,24)22(13-5-3-2-4-6-13)10-12-8-7-11(9-19-12)15-20-21-16(25-15)14(17)18;/h2*2-9,14H,10H2,1H3;1H. The molecule has 0 aliphatic rings. The number of sulfonamides is 2. The summed E-state index contributed by atoms with van der Waals surface area (Å²) in [6.07, 6.45) is -0.750. The summed E-state index contributed by atoms with van der Waals surface area (Å²) in [4.78, 5) is 8.33. The number of nitrogens with zero attached hydrogens (tertiary/aromatic N) is 8. The summed E-state index contributed by atoms with van der Waals surface area (Å²) in [5, 5.41) is 13.6. The highest BCUT2D eigenvalue weighted by molar-refractivity contribution is 7.92. The van der Waals surface area contributed by atoms with Crippen LogP contribution in [0.15, 0.2) is 106 Å². The molecule has 0 N–H and O–H groups in total. The van der Waals surface area contributed by atoms with Crippen LogP contribution in [0.2, 0.25) is 0 Å². The van der Waals surface area contributed by atoms with Crippen molar-refractivity contribution >= 4 is 43.8 Å². The Hall–Kier alpha value is -5.47. The van der Waals surface area contributed by atoms with Crippen LogP contribution >= 0.6 is 12.4 Å². The van der Waals surface area contributed by atoms with E-state index < -0.39 is 44.7 Å². The molecule has 0 atom stereocenters. The number of pyridine rings is 2. The molecule has 21 heteroatoms. The number of alkyl halides is 4. The Labute approximate surface area is 307 Å². The molecule has 0 spiro atoms. The first-order valence-electron chi connectivity index (χ1n) is 14.9. The monoisotopic (exact) mass is 796 g/mol. The molecule has 0 amide bonds. The van der Waals surface area contributed by atoms with E-state index in [4.69, 9.17) is 8.83 Å². The summed E-state index contributed by atoms with van der Waals surface area (Å²) in [6.45, 7) is 0.0461. The van der Waals surface area contributed by atoms with Crippen molar-refractivity contribution in [2.75, 3.05) is 21.1 Å². The molecule has 0 radical (unpaired) electrons. The first-order chi connectivity index (χ1) is 24.7. The molecule has 4 heterocycles. The van der Waals surface area contributed by atoms with Gasteiger partial charge in [0, 0.05) is 12.4 Å². The van der Waals surface area contributed by atoms with Crippen LogP contribution in [0, 0.1) is 0 Å². The van der Waals surface area contributed by atoms with Crippen LogP contribution in [0.25, 0.3) is 22.9 Å². The van der Waals surface area contributed by atoms with Crippen molar-refractivity contribution in [1.82, 2.24) is 30.4 Å². The molecule has 0 saturated carbocycles. The van der Waals surface area contributed by atoms with E-state index in [9.17, 15) is 34.4 Å². The zero-order valence-electron chi connectivity index (χ0n) is 27.6. The fourth-order valence-electron chi connectivity index (χ4n) is 4.45. The topological polar surface area (TPSA) is 178 Å². The van der Waals surface area contributed by atoms with Gasteiger partial charge >= 0.3 is 12.9 Å². The Morgan fingerprint density at radius 2 is 0.925 bits per heavy atom. The molecule has 0 bridgehead atoms. The Morgan fingerprint density at radius 3 is 1.19 bits per heavy atom. The third-order valence-corrected chi connectivity index (χ3v) is 9.18. The largest absolute Gasteiger partial charge is 0.415 e. The summed E-state index contributed by atoms with van der Waals surface area (Å²) in [5.41, 5.74) is 2.68. The van der Waals surface area contributed by atoms with Crippen LogP contribution in [0.1, 0.15) is 36.0 Å². The SMILES string of the molecule is CS(=O)(=O)N(Cc1ccc(-c2nnc(C(F)F)o2)cn1)c1ccccc1.CS(=O)(=O)N(Cc1ccc(-c2nnc(C(F)F)o2)cn1)c1ccccc1.Cl. The predicted octanol–water partition coefficient (Wildman–Crippen LogP) is 6.49. The highest BCUT2D eigenvalue weighted by atomic mass is 35.5. The summed E-state index contributed by atoms with van der Waals surface area (Å²) in [5.74, 6) is -1.70. The molecular formula is C32H29ClF4N8O6S2. The molecular weight excluding hydrogens is 768 g/mol. The minimum atomic E-state index is -3.52. The number of para-hydroxylation sites is 2. The summed E-state index contributed by atoms with van der Waals surface area (Å²) >= 11 is 0. The smallest absolute Gasteiger partial charge is 0.314 e. The number of aromatic nitrogens is 6. The molecule has 53 heavy (non-hydrogen) atoms. The summed E-state index contributed by atoms with van der Waals surface area (Å²) in [7, 11) is -7.03. The normalized spacial score (nSPS) is 11.5. The first-order valence-corrected chi connectivity index (χ1v) is 18.6. The van der Waals surface area contributed by atoms with Crippen LogP contribution in [-0.4, -0.2) is 59.7 Å². The van der Waals surface area contributed by atoms with Gasteiger partial charge < -0.3 is 8.83 Å². The van der Waals surface area contributed by atoms with E-state index in [1.54, 1.807) is 84.9 Å². The maximum Gasteiger partial charge on any atom is 0.314 e. The lowest BCUT2D eigenvalue weighted by atomic mass is 10.2. The third-order valence-electron chi connectivity index (χ3n) is 6.90. The van der Waals surface area contributed by atoms with Crippen LogP contribution in [0.5, 0.6) is 0 Å². The zero-order valence-corrected chi connectivity index (χ0v) is 30.0. The van der Waals surface area contributed by atoms with E-state index in [-0.39, 0.29) is 37.3 Å². The quantitative estimate of drug-likeness (QED) is 0.123. The van der Waals surface area contributed by atoms with Crippen molar-refractivity contribution in [3.05, 3.63) is 120 Å². The van der Waals surface area contributed by atoms with Crippen LogP contribution in [0.3, 0.4) is 0 Å². The average molecular weight is 797 g/mol. The zero-order chi connectivity index (χ0) is 37.5. The van der Waals surface area contributed by atoms with Crippen molar-refractivity contribution < 1.29 is 43.2 Å². The van der Waals surface area contributed by atoms with Crippen molar-refractivity contribution in [1.29, 1.82) is 0 Å². The Bertz CT molecular complexity index is 2120. The highest BCUT2D eigenvalue weighted by Gasteiger charge is 2.21. The molecule has 6 aromatic rings. The molecule has 2 aromatic carbocycles. The van der Waals surface area contributed by atoms with Gasteiger partial charge in [0.1, 0.15) is 0 Å². The number of hydrogen-bond acceptors (Lipinski definition) is 12. The summed E-state index contributed by atoms with van der Waals surface area (Å²) < 4.78 is 111. The third kappa shape index (κ3) is 10.8. The molecule has 6 rings (SSSR count). The number of anilines is 2.